The average Bonchev–Trinajstić information content (AvgIpc) is 2.99. The van der Waals surface area contributed by atoms with E-state index in [-0.39, 0.29) is 24.4 Å². The fraction of sp³-hybridized carbons (Fsp3) is 0.312. The normalized spacial score (nSPS) is 18.0. The third kappa shape index (κ3) is 3.61. The molecule has 1 aliphatic rings. The first kappa shape index (κ1) is 15.7. The number of fused-ring (bicyclic) bond motifs is 1. The molecule has 0 fully saturated rings. The Bertz CT molecular complexity index is 730. The largest absolute Gasteiger partial charge is 0.460 e. The van der Waals surface area contributed by atoms with E-state index in [0.717, 1.165) is 10.0 Å². The number of carbonyl (C=O) groups excluding carboxylic acids is 2. The molecule has 2 aromatic rings. The maximum absolute atomic E-state index is 12.5. The minimum atomic E-state index is -0.587. The van der Waals surface area contributed by atoms with Gasteiger partial charge in [-0.2, -0.15) is 5.10 Å². The molecule has 2 atom stereocenters. The van der Waals surface area contributed by atoms with Crippen molar-refractivity contribution >= 4 is 33.5 Å². The van der Waals surface area contributed by atoms with Gasteiger partial charge < -0.3 is 10.1 Å². The highest BCUT2D eigenvalue weighted by Crippen LogP contribution is 2.35. The number of aromatic nitrogens is 2. The minimum absolute atomic E-state index is 0.0940. The van der Waals surface area contributed by atoms with Gasteiger partial charge in [0.15, 0.2) is 0 Å². The van der Waals surface area contributed by atoms with Gasteiger partial charge in [0, 0.05) is 29.0 Å². The number of hydrogen-bond donors (Lipinski definition) is 1. The van der Waals surface area contributed by atoms with E-state index in [9.17, 15) is 9.59 Å². The number of halogens is 1. The quantitative estimate of drug-likeness (QED) is 0.831. The Morgan fingerprint density at radius 3 is 3.13 bits per heavy atom. The van der Waals surface area contributed by atoms with Crippen molar-refractivity contribution < 1.29 is 14.3 Å². The van der Waals surface area contributed by atoms with E-state index in [4.69, 9.17) is 4.74 Å². The number of carbonyl (C=O) groups is 2. The predicted octanol–water partition coefficient (Wildman–Crippen LogP) is 2.70. The van der Waals surface area contributed by atoms with Crippen molar-refractivity contribution in [2.24, 2.45) is 0 Å². The SMILES string of the molecule is CC(Cn1cccn1)OC(=O)C1CC(=O)Nc2ccc(Br)cc21. The van der Waals surface area contributed by atoms with Crippen LogP contribution in [0.5, 0.6) is 0 Å². The topological polar surface area (TPSA) is 73.2 Å². The summed E-state index contributed by atoms with van der Waals surface area (Å²) in [6, 6.07) is 7.27. The molecule has 1 aliphatic heterocycles. The predicted molar refractivity (Wildman–Crippen MR) is 87.9 cm³/mol. The Labute approximate surface area is 141 Å². The molecule has 1 amide bonds. The zero-order valence-electron chi connectivity index (χ0n) is 12.5. The summed E-state index contributed by atoms with van der Waals surface area (Å²) in [4.78, 5) is 24.3. The van der Waals surface area contributed by atoms with Crippen LogP contribution in [0.1, 0.15) is 24.8 Å². The lowest BCUT2D eigenvalue weighted by atomic mass is 9.90. The van der Waals surface area contributed by atoms with Gasteiger partial charge in [-0.15, -0.1) is 0 Å². The highest BCUT2D eigenvalue weighted by atomic mass is 79.9. The lowest BCUT2D eigenvalue weighted by Crippen LogP contribution is -2.31. The van der Waals surface area contributed by atoms with Crippen LogP contribution in [0.25, 0.3) is 0 Å². The van der Waals surface area contributed by atoms with E-state index in [1.165, 1.54) is 0 Å². The average molecular weight is 378 g/mol. The molecule has 7 heteroatoms. The summed E-state index contributed by atoms with van der Waals surface area (Å²) in [5, 5.41) is 6.87. The molecule has 0 radical (unpaired) electrons. The van der Waals surface area contributed by atoms with Crippen molar-refractivity contribution in [3.63, 3.8) is 0 Å². The molecule has 6 nitrogen and oxygen atoms in total. The number of amides is 1. The van der Waals surface area contributed by atoms with Gasteiger partial charge in [0.1, 0.15) is 6.10 Å². The summed E-state index contributed by atoms with van der Waals surface area (Å²) < 4.78 is 8.07. The van der Waals surface area contributed by atoms with Gasteiger partial charge in [0.05, 0.1) is 12.5 Å². The van der Waals surface area contributed by atoms with Gasteiger partial charge in [0.2, 0.25) is 5.91 Å². The van der Waals surface area contributed by atoms with Gasteiger partial charge >= 0.3 is 5.97 Å². The van der Waals surface area contributed by atoms with E-state index in [0.29, 0.717) is 12.2 Å². The third-order valence-electron chi connectivity index (χ3n) is 3.66. The Kier molecular flexibility index (Phi) is 4.47. The molecular formula is C16H16BrN3O3. The van der Waals surface area contributed by atoms with Crippen LogP contribution in [0.15, 0.2) is 41.1 Å². The molecule has 0 saturated carbocycles. The Hall–Kier alpha value is -2.15. The highest BCUT2D eigenvalue weighted by Gasteiger charge is 2.32. The maximum Gasteiger partial charge on any atom is 0.314 e. The number of benzene rings is 1. The molecule has 1 aromatic carbocycles. The molecule has 0 bridgehead atoms. The second-order valence-electron chi connectivity index (χ2n) is 5.51. The Balaban J connectivity index is 1.74. The molecule has 2 heterocycles. The van der Waals surface area contributed by atoms with Crippen LogP contribution < -0.4 is 5.32 Å². The first-order valence-corrected chi connectivity index (χ1v) is 8.09. The highest BCUT2D eigenvalue weighted by molar-refractivity contribution is 9.10. The van der Waals surface area contributed by atoms with E-state index >= 15 is 0 Å². The maximum atomic E-state index is 12.5. The second-order valence-corrected chi connectivity index (χ2v) is 6.43. The van der Waals surface area contributed by atoms with Crippen LogP contribution >= 0.6 is 15.9 Å². The summed E-state index contributed by atoms with van der Waals surface area (Å²) in [7, 11) is 0. The molecular weight excluding hydrogens is 362 g/mol. The summed E-state index contributed by atoms with van der Waals surface area (Å²) in [5.41, 5.74) is 1.43. The molecule has 3 rings (SSSR count). The van der Waals surface area contributed by atoms with Crippen molar-refractivity contribution in [2.45, 2.75) is 31.9 Å². The van der Waals surface area contributed by atoms with Crippen LogP contribution in [0.2, 0.25) is 0 Å². The van der Waals surface area contributed by atoms with Crippen molar-refractivity contribution in [1.82, 2.24) is 9.78 Å². The van der Waals surface area contributed by atoms with Crippen molar-refractivity contribution in [2.75, 3.05) is 5.32 Å². The molecule has 23 heavy (non-hydrogen) atoms. The zero-order valence-corrected chi connectivity index (χ0v) is 14.1. The van der Waals surface area contributed by atoms with Crippen LogP contribution in [0, 0.1) is 0 Å². The molecule has 0 saturated heterocycles. The zero-order chi connectivity index (χ0) is 16.4. The number of hydrogen-bond acceptors (Lipinski definition) is 4. The van der Waals surface area contributed by atoms with Gasteiger partial charge in [-0.3, -0.25) is 14.3 Å². The van der Waals surface area contributed by atoms with Crippen LogP contribution in [-0.4, -0.2) is 27.8 Å². The van der Waals surface area contributed by atoms with E-state index < -0.39 is 5.92 Å². The Morgan fingerprint density at radius 2 is 2.39 bits per heavy atom. The van der Waals surface area contributed by atoms with Crippen molar-refractivity contribution in [3.8, 4) is 0 Å². The lowest BCUT2D eigenvalue weighted by molar-refractivity contribution is -0.152. The van der Waals surface area contributed by atoms with Crippen LogP contribution in [0.3, 0.4) is 0 Å². The van der Waals surface area contributed by atoms with Gasteiger partial charge in [0.25, 0.3) is 0 Å². The number of anilines is 1. The number of nitrogens with zero attached hydrogens (tertiary/aromatic N) is 2. The fourth-order valence-electron chi connectivity index (χ4n) is 2.63. The first-order chi connectivity index (χ1) is 11.0. The summed E-state index contributed by atoms with van der Waals surface area (Å²) in [6.45, 7) is 2.29. The summed E-state index contributed by atoms with van der Waals surface area (Å²) >= 11 is 3.40. The van der Waals surface area contributed by atoms with Crippen LogP contribution in [0.4, 0.5) is 5.69 Å². The number of ether oxygens (including phenoxy) is 1. The summed E-state index contributed by atoms with van der Waals surface area (Å²) in [5.74, 6) is -1.16. The molecule has 2 unspecified atom stereocenters. The molecule has 1 aromatic heterocycles. The van der Waals surface area contributed by atoms with Gasteiger partial charge in [-0.05, 0) is 36.8 Å². The third-order valence-corrected chi connectivity index (χ3v) is 4.15. The second kappa shape index (κ2) is 6.54. The number of rotatable bonds is 4. The molecule has 0 spiro atoms. The van der Waals surface area contributed by atoms with Crippen molar-refractivity contribution in [3.05, 3.63) is 46.7 Å². The van der Waals surface area contributed by atoms with Gasteiger partial charge in [-0.1, -0.05) is 15.9 Å². The number of esters is 1. The van der Waals surface area contributed by atoms with E-state index in [2.05, 4.69) is 26.3 Å². The summed E-state index contributed by atoms with van der Waals surface area (Å²) in [6.07, 6.45) is 3.25. The monoisotopic (exact) mass is 377 g/mol. The van der Waals surface area contributed by atoms with E-state index in [1.54, 1.807) is 16.9 Å². The van der Waals surface area contributed by atoms with Gasteiger partial charge in [-0.25, -0.2) is 0 Å². The fourth-order valence-corrected chi connectivity index (χ4v) is 3.01. The van der Waals surface area contributed by atoms with Crippen LogP contribution in [-0.2, 0) is 20.9 Å². The number of nitrogens with one attached hydrogen (secondary N) is 1. The molecule has 1 N–H and O–H groups in total. The first-order valence-electron chi connectivity index (χ1n) is 7.30. The standard InChI is InChI=1S/C16H16BrN3O3/c1-10(9-20-6-2-5-18-20)23-16(22)13-8-15(21)19-14-4-3-11(17)7-12(13)14/h2-7,10,13H,8-9H2,1H3,(H,19,21). The molecule has 0 aliphatic carbocycles. The lowest BCUT2D eigenvalue weighted by Gasteiger charge is -2.25. The van der Waals surface area contributed by atoms with E-state index in [1.807, 2.05) is 31.3 Å². The molecule has 120 valence electrons. The van der Waals surface area contributed by atoms with Crippen molar-refractivity contribution in [1.29, 1.82) is 0 Å². The minimum Gasteiger partial charge on any atom is -0.460 e. The Morgan fingerprint density at radius 1 is 1.57 bits per heavy atom. The smallest absolute Gasteiger partial charge is 0.314 e.